The molecule has 1 atom stereocenters. The number of aromatic carboxylic acids is 1. The quantitative estimate of drug-likeness (QED) is 0.184. The van der Waals surface area contributed by atoms with E-state index >= 15 is 0 Å². The topological polar surface area (TPSA) is 87.4 Å². The molecule has 0 amide bonds. The first-order valence-electron chi connectivity index (χ1n) is 16.7. The lowest BCUT2D eigenvalue weighted by atomic mass is 9.70. The molecule has 1 N–H and O–H groups in total. The third kappa shape index (κ3) is 5.55. The summed E-state index contributed by atoms with van der Waals surface area (Å²) in [5, 5.41) is 15.6. The van der Waals surface area contributed by atoms with E-state index in [1.165, 1.54) is 11.1 Å². The van der Waals surface area contributed by atoms with E-state index in [0.717, 1.165) is 66.1 Å². The van der Waals surface area contributed by atoms with E-state index in [1.54, 1.807) is 24.5 Å². The Morgan fingerprint density at radius 3 is 2.18 bits per heavy atom. The molecule has 0 saturated carbocycles. The third-order valence-corrected chi connectivity index (χ3v) is 9.87. The first-order valence-corrected chi connectivity index (χ1v) is 16.7. The van der Waals surface area contributed by atoms with E-state index in [1.807, 2.05) is 12.3 Å². The fraction of sp³-hybridized carbons (Fsp3) is 0.171. The van der Waals surface area contributed by atoms with Crippen LogP contribution in [0.3, 0.4) is 0 Å². The van der Waals surface area contributed by atoms with Gasteiger partial charge in [-0.25, -0.2) is 14.8 Å². The van der Waals surface area contributed by atoms with E-state index in [0.29, 0.717) is 5.56 Å². The molecule has 8 rings (SSSR count). The van der Waals surface area contributed by atoms with Gasteiger partial charge in [-0.2, -0.15) is 5.10 Å². The number of rotatable bonds is 8. The van der Waals surface area contributed by atoms with Crippen molar-refractivity contribution in [2.24, 2.45) is 5.92 Å². The Hall–Kier alpha value is -6.02. The first-order chi connectivity index (χ1) is 24.1. The van der Waals surface area contributed by atoms with E-state index in [9.17, 15) is 9.90 Å². The van der Waals surface area contributed by atoms with Crippen LogP contribution < -0.4 is 9.80 Å². The van der Waals surface area contributed by atoms with Crippen molar-refractivity contribution in [2.75, 3.05) is 36.0 Å². The highest BCUT2D eigenvalue weighted by atomic mass is 16.4. The number of carboxylic acid groups (broad SMARTS) is 1. The van der Waals surface area contributed by atoms with Gasteiger partial charge in [-0.05, 0) is 53.4 Å². The van der Waals surface area contributed by atoms with Crippen molar-refractivity contribution in [3.05, 3.63) is 163 Å². The van der Waals surface area contributed by atoms with Crippen LogP contribution in [0.1, 0.15) is 27.9 Å². The summed E-state index contributed by atoms with van der Waals surface area (Å²) in [6.07, 6.45) is 15.5. The second kappa shape index (κ2) is 12.9. The normalized spacial score (nSPS) is 16.3. The molecule has 1 saturated heterocycles. The van der Waals surface area contributed by atoms with Crippen molar-refractivity contribution < 1.29 is 9.90 Å². The van der Waals surface area contributed by atoms with Gasteiger partial charge in [-0.15, -0.1) is 0 Å². The Kier molecular flexibility index (Phi) is 7.97. The van der Waals surface area contributed by atoms with Crippen LogP contribution >= 0.6 is 0 Å². The smallest absolute Gasteiger partial charge is 0.335 e. The number of aromatic nitrogens is 4. The van der Waals surface area contributed by atoms with Crippen LogP contribution in [0.15, 0.2) is 146 Å². The fourth-order valence-corrected chi connectivity index (χ4v) is 7.46. The standard InChI is InChI=1S/C41H36N6O2/c48-40(49)31-11-10-18-36(25-31)45-21-23-46(24-22-45)39-37-26-30(19-20-38(37)42-29-43-39)32-27-44-47(28-32)41(33-12-4-1-5-13-33,34-14-6-2-7-15-34)35-16-8-3-9-17-35/h1-16,18-20,25-29,35H,17,21-24H2,(H,48,49). The zero-order chi connectivity index (χ0) is 33.2. The number of piperazine rings is 1. The Morgan fingerprint density at radius 1 is 0.755 bits per heavy atom. The number of nitrogens with zero attached hydrogens (tertiary/aromatic N) is 6. The molecule has 242 valence electrons. The minimum Gasteiger partial charge on any atom is -0.478 e. The molecule has 1 aliphatic heterocycles. The van der Waals surface area contributed by atoms with Crippen molar-refractivity contribution in [3.63, 3.8) is 0 Å². The molecular formula is C41H36N6O2. The number of benzene rings is 4. The Morgan fingerprint density at radius 2 is 1.49 bits per heavy atom. The maximum absolute atomic E-state index is 11.5. The Balaban J connectivity index is 1.15. The van der Waals surface area contributed by atoms with E-state index < -0.39 is 11.5 Å². The zero-order valence-corrected chi connectivity index (χ0v) is 27.0. The molecular weight excluding hydrogens is 608 g/mol. The maximum Gasteiger partial charge on any atom is 0.335 e. The summed E-state index contributed by atoms with van der Waals surface area (Å²) in [6.45, 7) is 3.02. The van der Waals surface area contributed by atoms with Gasteiger partial charge in [-0.3, -0.25) is 4.68 Å². The third-order valence-electron chi connectivity index (χ3n) is 9.87. The van der Waals surface area contributed by atoms with E-state index in [2.05, 4.69) is 129 Å². The molecule has 8 nitrogen and oxygen atoms in total. The van der Waals surface area contributed by atoms with Crippen molar-refractivity contribution >= 4 is 28.4 Å². The minimum absolute atomic E-state index is 0.150. The molecule has 4 aromatic carbocycles. The zero-order valence-electron chi connectivity index (χ0n) is 27.0. The van der Waals surface area contributed by atoms with Gasteiger partial charge in [0.2, 0.25) is 0 Å². The van der Waals surface area contributed by atoms with Gasteiger partial charge in [0.05, 0.1) is 17.3 Å². The average molecular weight is 645 g/mol. The molecule has 1 fully saturated rings. The van der Waals surface area contributed by atoms with Crippen LogP contribution in [0.25, 0.3) is 22.0 Å². The van der Waals surface area contributed by atoms with Crippen molar-refractivity contribution in [3.8, 4) is 11.1 Å². The number of hydrogen-bond acceptors (Lipinski definition) is 6. The second-order valence-electron chi connectivity index (χ2n) is 12.6. The van der Waals surface area contributed by atoms with Crippen molar-refractivity contribution in [2.45, 2.75) is 12.0 Å². The predicted octanol–water partition coefficient (Wildman–Crippen LogP) is 7.44. The highest BCUT2D eigenvalue weighted by Gasteiger charge is 2.43. The minimum atomic E-state index is -0.914. The van der Waals surface area contributed by atoms with Crippen LogP contribution in [-0.4, -0.2) is 57.0 Å². The SMILES string of the molecule is O=C(O)c1cccc(N2CCN(c3ncnc4ccc(-c5cnn(C(c6ccccc6)(c6ccccc6)C6C=CC=CC6)c5)cc34)CC2)c1. The molecule has 6 aromatic rings. The number of hydrogen-bond donors (Lipinski definition) is 1. The fourth-order valence-electron chi connectivity index (χ4n) is 7.46. The highest BCUT2D eigenvalue weighted by molar-refractivity contribution is 5.93. The molecule has 0 radical (unpaired) electrons. The average Bonchev–Trinajstić information content (AvgIpc) is 3.67. The lowest BCUT2D eigenvalue weighted by Gasteiger charge is -2.41. The number of fused-ring (bicyclic) bond motifs is 1. The monoisotopic (exact) mass is 644 g/mol. The van der Waals surface area contributed by atoms with Gasteiger partial charge in [0.15, 0.2) is 0 Å². The summed E-state index contributed by atoms with van der Waals surface area (Å²) in [4.78, 5) is 25.4. The summed E-state index contributed by atoms with van der Waals surface area (Å²) in [6, 6.07) is 34.9. The molecule has 0 spiro atoms. The van der Waals surface area contributed by atoms with Gasteiger partial charge in [0, 0.05) is 54.9 Å². The van der Waals surface area contributed by atoms with Crippen LogP contribution in [0, 0.1) is 5.92 Å². The lowest BCUT2D eigenvalue weighted by molar-refractivity contribution is 0.0697. The van der Waals surface area contributed by atoms with Crippen LogP contribution in [0.5, 0.6) is 0 Å². The molecule has 49 heavy (non-hydrogen) atoms. The van der Waals surface area contributed by atoms with Crippen molar-refractivity contribution in [1.82, 2.24) is 19.7 Å². The number of carboxylic acids is 1. The van der Waals surface area contributed by atoms with Crippen LogP contribution in [-0.2, 0) is 5.54 Å². The summed E-state index contributed by atoms with van der Waals surface area (Å²) in [7, 11) is 0. The van der Waals surface area contributed by atoms with Crippen molar-refractivity contribution in [1.29, 1.82) is 0 Å². The first kappa shape index (κ1) is 30.3. The number of allylic oxidation sites excluding steroid dienone is 4. The molecule has 3 heterocycles. The summed E-state index contributed by atoms with van der Waals surface area (Å²) >= 11 is 0. The summed E-state index contributed by atoms with van der Waals surface area (Å²) in [5.74, 6) is 0.139. The molecule has 8 heteroatoms. The molecule has 2 aromatic heterocycles. The summed E-state index contributed by atoms with van der Waals surface area (Å²) in [5.41, 5.74) is 5.99. The molecule has 2 aliphatic rings. The maximum atomic E-state index is 11.5. The predicted molar refractivity (Wildman–Crippen MR) is 194 cm³/mol. The number of carbonyl (C=O) groups is 1. The van der Waals surface area contributed by atoms with Gasteiger partial charge < -0.3 is 14.9 Å². The van der Waals surface area contributed by atoms with E-state index in [4.69, 9.17) is 10.1 Å². The van der Waals surface area contributed by atoms with Gasteiger partial charge in [-0.1, -0.05) is 97.1 Å². The Bertz CT molecular complexity index is 2130. The molecule has 1 unspecified atom stereocenters. The molecule has 1 aliphatic carbocycles. The van der Waals surface area contributed by atoms with Gasteiger partial charge in [0.1, 0.15) is 17.7 Å². The van der Waals surface area contributed by atoms with Gasteiger partial charge >= 0.3 is 5.97 Å². The largest absolute Gasteiger partial charge is 0.478 e. The van der Waals surface area contributed by atoms with Gasteiger partial charge in [0.25, 0.3) is 0 Å². The number of anilines is 2. The summed E-state index contributed by atoms with van der Waals surface area (Å²) < 4.78 is 2.16. The second-order valence-corrected chi connectivity index (χ2v) is 12.6. The lowest BCUT2D eigenvalue weighted by Crippen LogP contribution is -2.47. The van der Waals surface area contributed by atoms with Crippen LogP contribution in [0.4, 0.5) is 11.5 Å². The highest BCUT2D eigenvalue weighted by Crippen LogP contribution is 2.44. The van der Waals surface area contributed by atoms with E-state index in [-0.39, 0.29) is 5.92 Å². The van der Waals surface area contributed by atoms with Crippen LogP contribution in [0.2, 0.25) is 0 Å². The molecule has 0 bridgehead atoms. The Labute approximate surface area is 285 Å².